The fourth-order valence-corrected chi connectivity index (χ4v) is 2.04. The lowest BCUT2D eigenvalue weighted by molar-refractivity contribution is 1.33. The number of benzene rings is 2. The Bertz CT molecular complexity index is 603. The molecule has 0 bridgehead atoms. The summed E-state index contributed by atoms with van der Waals surface area (Å²) in [5.74, 6) is 0. The summed E-state index contributed by atoms with van der Waals surface area (Å²) in [6.07, 6.45) is 0. The highest BCUT2D eigenvalue weighted by Gasteiger charge is 2.08. The number of rotatable bonds is 1. The third kappa shape index (κ3) is 2.07. The molecule has 1 heteroatoms. The van der Waals surface area contributed by atoms with Gasteiger partial charge in [0, 0.05) is 5.56 Å². The average Bonchev–Trinajstić information content (AvgIpc) is 2.32. The zero-order valence-electron chi connectivity index (χ0n) is 10.4. The minimum atomic E-state index is 0.744. The molecule has 0 N–H and O–H groups in total. The van der Waals surface area contributed by atoms with E-state index in [0.717, 1.165) is 22.3 Å². The van der Waals surface area contributed by atoms with Crippen molar-refractivity contribution >= 4 is 0 Å². The molecule has 84 valence electrons. The predicted octanol–water partition coefficient (Wildman–Crippen LogP) is 4.15. The molecular weight excluding hydrogens is 206 g/mol. The second kappa shape index (κ2) is 4.43. The van der Waals surface area contributed by atoms with E-state index in [0.29, 0.717) is 0 Å². The zero-order chi connectivity index (χ0) is 12.4. The van der Waals surface area contributed by atoms with Crippen LogP contribution in [-0.2, 0) is 0 Å². The second-order valence-electron chi connectivity index (χ2n) is 4.41. The lowest BCUT2D eigenvalue weighted by Crippen LogP contribution is -1.90. The summed E-state index contributed by atoms with van der Waals surface area (Å²) >= 11 is 0. The van der Waals surface area contributed by atoms with E-state index < -0.39 is 0 Å². The largest absolute Gasteiger partial charge is 0.192 e. The first-order chi connectivity index (χ1) is 8.13. The smallest absolute Gasteiger partial charge is 0.0998 e. The Labute approximate surface area is 102 Å². The third-order valence-corrected chi connectivity index (χ3v) is 3.19. The summed E-state index contributed by atoms with van der Waals surface area (Å²) in [4.78, 5) is 0. The molecule has 2 aromatic rings. The molecule has 0 aromatic heterocycles. The Hall–Kier alpha value is -2.07. The first-order valence-electron chi connectivity index (χ1n) is 5.71. The normalized spacial score (nSPS) is 10.0. The van der Waals surface area contributed by atoms with Gasteiger partial charge in [-0.1, -0.05) is 30.3 Å². The van der Waals surface area contributed by atoms with Gasteiger partial charge in [-0.05, 0) is 49.1 Å². The summed E-state index contributed by atoms with van der Waals surface area (Å²) in [5.41, 5.74) is 6.61. The fraction of sp³-hybridized carbons (Fsp3) is 0.188. The molecule has 0 radical (unpaired) electrons. The van der Waals surface area contributed by atoms with Gasteiger partial charge in [0.2, 0.25) is 0 Å². The summed E-state index contributed by atoms with van der Waals surface area (Å²) in [6, 6.07) is 14.5. The first-order valence-corrected chi connectivity index (χ1v) is 5.71. The molecule has 0 heterocycles. The van der Waals surface area contributed by atoms with Gasteiger partial charge in [-0.25, -0.2) is 0 Å². The minimum Gasteiger partial charge on any atom is -0.192 e. The van der Waals surface area contributed by atoms with Gasteiger partial charge in [0.1, 0.15) is 0 Å². The van der Waals surface area contributed by atoms with Crippen LogP contribution in [0.2, 0.25) is 0 Å². The lowest BCUT2D eigenvalue weighted by Gasteiger charge is -2.10. The Morgan fingerprint density at radius 1 is 0.882 bits per heavy atom. The number of hydrogen-bond acceptors (Lipinski definition) is 1. The SMILES string of the molecule is Cc1ccc(-c2c(C)cccc2C#N)cc1C. The van der Waals surface area contributed by atoms with Crippen LogP contribution < -0.4 is 0 Å². The summed E-state index contributed by atoms with van der Waals surface area (Å²) in [5, 5.41) is 9.18. The highest BCUT2D eigenvalue weighted by molar-refractivity contribution is 5.74. The molecule has 0 saturated carbocycles. The van der Waals surface area contributed by atoms with Crippen LogP contribution in [0.3, 0.4) is 0 Å². The van der Waals surface area contributed by atoms with E-state index >= 15 is 0 Å². The third-order valence-electron chi connectivity index (χ3n) is 3.19. The van der Waals surface area contributed by atoms with E-state index in [9.17, 15) is 5.26 Å². The van der Waals surface area contributed by atoms with Crippen LogP contribution in [0.4, 0.5) is 0 Å². The predicted molar refractivity (Wildman–Crippen MR) is 70.8 cm³/mol. The van der Waals surface area contributed by atoms with Crippen LogP contribution in [-0.4, -0.2) is 0 Å². The summed E-state index contributed by atoms with van der Waals surface area (Å²) in [7, 11) is 0. The molecule has 0 aliphatic heterocycles. The average molecular weight is 221 g/mol. The topological polar surface area (TPSA) is 23.8 Å². The Morgan fingerprint density at radius 3 is 2.29 bits per heavy atom. The van der Waals surface area contributed by atoms with Crippen molar-refractivity contribution in [3.05, 3.63) is 58.7 Å². The number of aryl methyl sites for hydroxylation is 3. The molecular formula is C16H15N. The van der Waals surface area contributed by atoms with E-state index in [1.165, 1.54) is 11.1 Å². The number of hydrogen-bond donors (Lipinski definition) is 0. The molecule has 17 heavy (non-hydrogen) atoms. The van der Waals surface area contributed by atoms with Crippen LogP contribution in [0.25, 0.3) is 11.1 Å². The molecule has 0 unspecified atom stereocenters. The molecule has 0 atom stereocenters. The highest BCUT2D eigenvalue weighted by Crippen LogP contribution is 2.28. The van der Waals surface area contributed by atoms with Crippen molar-refractivity contribution in [2.24, 2.45) is 0 Å². The van der Waals surface area contributed by atoms with Gasteiger partial charge in [-0.2, -0.15) is 5.26 Å². The van der Waals surface area contributed by atoms with Gasteiger partial charge < -0.3 is 0 Å². The van der Waals surface area contributed by atoms with Gasteiger partial charge >= 0.3 is 0 Å². The maximum absolute atomic E-state index is 9.18. The van der Waals surface area contributed by atoms with Gasteiger partial charge in [-0.3, -0.25) is 0 Å². The van der Waals surface area contributed by atoms with Crippen LogP contribution in [0, 0.1) is 32.1 Å². The Morgan fingerprint density at radius 2 is 1.65 bits per heavy atom. The van der Waals surface area contributed by atoms with Gasteiger partial charge in [-0.15, -0.1) is 0 Å². The molecule has 0 amide bonds. The molecule has 0 saturated heterocycles. The molecule has 0 aliphatic rings. The van der Waals surface area contributed by atoms with E-state index in [1.54, 1.807) is 0 Å². The minimum absolute atomic E-state index is 0.744. The molecule has 2 rings (SSSR count). The molecule has 0 spiro atoms. The van der Waals surface area contributed by atoms with Crippen molar-refractivity contribution in [3.8, 4) is 17.2 Å². The summed E-state index contributed by atoms with van der Waals surface area (Å²) < 4.78 is 0. The van der Waals surface area contributed by atoms with Crippen molar-refractivity contribution in [2.75, 3.05) is 0 Å². The quantitative estimate of drug-likeness (QED) is 0.709. The van der Waals surface area contributed by atoms with Crippen LogP contribution >= 0.6 is 0 Å². The van der Waals surface area contributed by atoms with Gasteiger partial charge in [0.05, 0.1) is 11.6 Å². The zero-order valence-corrected chi connectivity index (χ0v) is 10.4. The molecule has 0 aliphatic carbocycles. The number of nitrogens with zero attached hydrogens (tertiary/aromatic N) is 1. The van der Waals surface area contributed by atoms with Crippen molar-refractivity contribution in [3.63, 3.8) is 0 Å². The van der Waals surface area contributed by atoms with Gasteiger partial charge in [0.25, 0.3) is 0 Å². The van der Waals surface area contributed by atoms with Crippen LogP contribution in [0.15, 0.2) is 36.4 Å². The van der Waals surface area contributed by atoms with Gasteiger partial charge in [0.15, 0.2) is 0 Å². The van der Waals surface area contributed by atoms with Crippen molar-refractivity contribution < 1.29 is 0 Å². The van der Waals surface area contributed by atoms with Crippen LogP contribution in [0.1, 0.15) is 22.3 Å². The van der Waals surface area contributed by atoms with Crippen molar-refractivity contribution in [1.82, 2.24) is 0 Å². The second-order valence-corrected chi connectivity index (χ2v) is 4.41. The van der Waals surface area contributed by atoms with E-state index in [1.807, 2.05) is 25.1 Å². The molecule has 2 aromatic carbocycles. The Balaban J connectivity index is 2.68. The summed E-state index contributed by atoms with van der Waals surface area (Å²) in [6.45, 7) is 6.25. The maximum Gasteiger partial charge on any atom is 0.0998 e. The van der Waals surface area contributed by atoms with E-state index in [2.05, 4.69) is 38.1 Å². The van der Waals surface area contributed by atoms with Crippen LogP contribution in [0.5, 0.6) is 0 Å². The molecule has 0 fully saturated rings. The number of nitriles is 1. The fourth-order valence-electron chi connectivity index (χ4n) is 2.04. The van der Waals surface area contributed by atoms with Crippen molar-refractivity contribution in [1.29, 1.82) is 5.26 Å². The van der Waals surface area contributed by atoms with E-state index in [-0.39, 0.29) is 0 Å². The molecule has 1 nitrogen and oxygen atoms in total. The lowest BCUT2D eigenvalue weighted by atomic mass is 9.93. The highest BCUT2D eigenvalue weighted by atomic mass is 14.2. The Kier molecular flexibility index (Phi) is 2.97. The van der Waals surface area contributed by atoms with E-state index in [4.69, 9.17) is 0 Å². The van der Waals surface area contributed by atoms with Crippen molar-refractivity contribution in [2.45, 2.75) is 20.8 Å². The first kappa shape index (κ1) is 11.4. The maximum atomic E-state index is 9.18. The standard InChI is InChI=1S/C16H15N/c1-11-7-8-14(9-13(11)3)16-12(2)5-4-6-15(16)10-17/h4-9H,1-3H3. The monoisotopic (exact) mass is 221 g/mol.